The second-order valence-corrected chi connectivity index (χ2v) is 9.16. The largest absolute Gasteiger partial charge is 0.474 e. The molecule has 194 valence electrons. The third-order valence-electron chi connectivity index (χ3n) is 5.15. The van der Waals surface area contributed by atoms with E-state index in [2.05, 4.69) is 15.0 Å². The predicted octanol–water partition coefficient (Wildman–Crippen LogP) is 1.78. The zero-order valence-corrected chi connectivity index (χ0v) is 20.1. The molecule has 0 amide bonds. The summed E-state index contributed by atoms with van der Waals surface area (Å²) in [7, 11) is -4.83. The number of aryl methyl sites for hydroxylation is 1. The smallest absolute Gasteiger partial charge is 0.427 e. The highest BCUT2D eigenvalue weighted by atomic mass is 31.2. The molecule has 3 rings (SSSR count). The van der Waals surface area contributed by atoms with Crippen molar-refractivity contribution in [2.45, 2.75) is 58.0 Å². The summed E-state index contributed by atoms with van der Waals surface area (Å²) < 4.78 is 33.7. The molecule has 1 fully saturated rings. The number of azide groups is 1. The highest BCUT2D eigenvalue weighted by molar-refractivity contribution is 7.47. The lowest BCUT2D eigenvalue weighted by Crippen LogP contribution is -2.36. The summed E-state index contributed by atoms with van der Waals surface area (Å²) in [5.74, 6) is -0.129. The van der Waals surface area contributed by atoms with E-state index in [9.17, 15) is 28.9 Å². The van der Waals surface area contributed by atoms with Gasteiger partial charge < -0.3 is 19.5 Å². The summed E-state index contributed by atoms with van der Waals surface area (Å²) in [6.45, 7) is 2.73. The molecule has 2 heterocycles. The summed E-state index contributed by atoms with van der Waals surface area (Å²) in [6.07, 6.45) is -3.22. The first-order valence-corrected chi connectivity index (χ1v) is 12.2. The van der Waals surface area contributed by atoms with Crippen LogP contribution >= 0.6 is 7.82 Å². The van der Waals surface area contributed by atoms with Crippen LogP contribution in [0.4, 0.5) is 0 Å². The second-order valence-electron chi connectivity index (χ2n) is 7.75. The van der Waals surface area contributed by atoms with Crippen LogP contribution in [0.5, 0.6) is 5.75 Å². The minimum absolute atomic E-state index is 0.0912. The van der Waals surface area contributed by atoms with Crippen molar-refractivity contribution in [3.8, 4) is 5.75 Å². The number of carbonyl (C=O) groups excluding carboxylic acids is 1. The van der Waals surface area contributed by atoms with Gasteiger partial charge in [0.05, 0.1) is 12.6 Å². The van der Waals surface area contributed by atoms with Crippen molar-refractivity contribution in [2.75, 3.05) is 0 Å². The number of rotatable bonds is 10. The van der Waals surface area contributed by atoms with Gasteiger partial charge in [-0.25, -0.2) is 9.36 Å². The molecular formula is C20H24N5O10P. The van der Waals surface area contributed by atoms with E-state index in [1.54, 1.807) is 6.92 Å². The molecule has 1 aliphatic heterocycles. The Labute approximate surface area is 203 Å². The highest BCUT2D eigenvalue weighted by Crippen LogP contribution is 2.47. The highest BCUT2D eigenvalue weighted by Gasteiger charge is 2.43. The Hall–Kier alpha value is -3.29. The van der Waals surface area contributed by atoms with Gasteiger partial charge in [0.1, 0.15) is 18.1 Å². The van der Waals surface area contributed by atoms with E-state index in [0.717, 1.165) is 4.57 Å². The lowest BCUT2D eigenvalue weighted by Gasteiger charge is -2.23. The lowest BCUT2D eigenvalue weighted by atomic mass is 10.1. The number of hydrogen-bond donors (Lipinski definition) is 3. The lowest BCUT2D eigenvalue weighted by molar-refractivity contribution is -0.149. The molecule has 1 aromatic carbocycles. The van der Waals surface area contributed by atoms with Crippen molar-refractivity contribution in [1.82, 2.24) is 9.55 Å². The number of aromatic nitrogens is 2. The molecule has 1 aromatic heterocycles. The van der Waals surface area contributed by atoms with Crippen LogP contribution < -0.4 is 16.0 Å². The number of nitrogens with zero attached hydrogens (tertiary/aromatic N) is 4. The first-order chi connectivity index (χ1) is 17.0. The predicted molar refractivity (Wildman–Crippen MR) is 122 cm³/mol. The molecule has 2 aromatic rings. The van der Waals surface area contributed by atoms with Crippen molar-refractivity contribution in [3.63, 3.8) is 0 Å². The Morgan fingerprint density at radius 3 is 2.72 bits per heavy atom. The minimum Gasteiger partial charge on any atom is -0.427 e. The van der Waals surface area contributed by atoms with Gasteiger partial charge in [0.25, 0.3) is 5.56 Å². The van der Waals surface area contributed by atoms with Crippen LogP contribution in [-0.4, -0.2) is 44.0 Å². The summed E-state index contributed by atoms with van der Waals surface area (Å²) in [4.78, 5) is 49.9. The number of nitrogens with one attached hydrogen (secondary N) is 1. The van der Waals surface area contributed by atoms with Gasteiger partial charge in [0.15, 0.2) is 6.29 Å². The Balaban J connectivity index is 1.65. The number of phosphoric acid groups is 1. The average Bonchev–Trinajstić information content (AvgIpc) is 3.24. The van der Waals surface area contributed by atoms with E-state index in [1.807, 2.05) is 0 Å². The average molecular weight is 525 g/mol. The molecule has 1 saturated heterocycles. The zero-order chi connectivity index (χ0) is 26.5. The summed E-state index contributed by atoms with van der Waals surface area (Å²) in [6, 6.07) is 4.87. The Morgan fingerprint density at radius 2 is 2.08 bits per heavy atom. The number of carbonyl (C=O) groups is 1. The van der Waals surface area contributed by atoms with Gasteiger partial charge in [-0.15, -0.1) is 0 Å². The second kappa shape index (κ2) is 11.6. The van der Waals surface area contributed by atoms with Crippen LogP contribution in [0.15, 0.2) is 45.2 Å². The van der Waals surface area contributed by atoms with Crippen LogP contribution in [0.3, 0.4) is 0 Å². The quantitative estimate of drug-likeness (QED) is 0.0777. The van der Waals surface area contributed by atoms with Crippen molar-refractivity contribution in [3.05, 3.63) is 72.9 Å². The Morgan fingerprint density at radius 1 is 1.39 bits per heavy atom. The molecule has 0 bridgehead atoms. The number of esters is 1. The molecule has 15 nitrogen and oxygen atoms in total. The monoisotopic (exact) mass is 525 g/mol. The van der Waals surface area contributed by atoms with Gasteiger partial charge in [0, 0.05) is 29.5 Å². The van der Waals surface area contributed by atoms with Crippen LogP contribution in [-0.2, 0) is 29.8 Å². The first kappa shape index (κ1) is 27.3. The molecule has 1 aliphatic rings. The van der Waals surface area contributed by atoms with Crippen molar-refractivity contribution >= 4 is 13.8 Å². The standard InChI is InChI=1S/C20H24N5O10P/c1-3-16(26)33-13-6-4-12(5-7-13)10-32-36(30,31)35-19(28)17-14(23-24-21)8-15(34-17)25-9-11(2)18(27)22-20(25)29/h4-7,9,14-15,17,19,28H,3,8,10H2,1-2H3,(H,30,31)(H,22,27,29)/t14?,15-,17+,19?/m1/s1. The Kier molecular flexibility index (Phi) is 8.82. The fourth-order valence-corrected chi connectivity index (χ4v) is 4.09. The topological polar surface area (TPSA) is 215 Å². The van der Waals surface area contributed by atoms with Crippen LogP contribution in [0.2, 0.25) is 0 Å². The van der Waals surface area contributed by atoms with E-state index in [0.29, 0.717) is 11.3 Å². The number of hydrogen-bond acceptors (Lipinski definition) is 10. The van der Waals surface area contributed by atoms with E-state index < -0.39 is 49.7 Å². The number of aliphatic hydroxyl groups is 1. The van der Waals surface area contributed by atoms with Crippen molar-refractivity contribution < 1.29 is 37.9 Å². The van der Waals surface area contributed by atoms with E-state index >= 15 is 0 Å². The molecule has 0 aliphatic carbocycles. The summed E-state index contributed by atoms with van der Waals surface area (Å²) >= 11 is 0. The number of aromatic amines is 1. The molecular weight excluding hydrogens is 501 g/mol. The molecule has 3 N–H and O–H groups in total. The van der Waals surface area contributed by atoms with Gasteiger partial charge in [-0.2, -0.15) is 0 Å². The summed E-state index contributed by atoms with van der Waals surface area (Å²) in [5, 5.41) is 13.9. The molecule has 0 radical (unpaired) electrons. The van der Waals surface area contributed by atoms with E-state index in [1.165, 1.54) is 37.4 Å². The van der Waals surface area contributed by atoms with Gasteiger partial charge >= 0.3 is 19.5 Å². The summed E-state index contributed by atoms with van der Waals surface area (Å²) in [5.41, 5.74) is 8.12. The van der Waals surface area contributed by atoms with Crippen molar-refractivity contribution in [2.24, 2.45) is 5.11 Å². The maximum Gasteiger partial charge on any atom is 0.474 e. The number of H-pyrrole nitrogens is 1. The normalized spacial score (nSPS) is 21.8. The van der Waals surface area contributed by atoms with E-state index in [-0.39, 0.29) is 25.0 Å². The maximum atomic E-state index is 12.4. The Bertz CT molecular complexity index is 1300. The number of aliphatic hydroxyl groups excluding tert-OH is 1. The van der Waals surface area contributed by atoms with E-state index in [4.69, 9.17) is 24.1 Å². The third-order valence-corrected chi connectivity index (χ3v) is 6.09. The first-order valence-electron chi connectivity index (χ1n) is 10.7. The van der Waals surface area contributed by atoms with Crippen LogP contribution in [0.1, 0.15) is 37.1 Å². The molecule has 36 heavy (non-hydrogen) atoms. The number of ether oxygens (including phenoxy) is 2. The van der Waals surface area contributed by atoms with Crippen molar-refractivity contribution in [1.29, 1.82) is 0 Å². The minimum atomic E-state index is -4.83. The molecule has 5 atom stereocenters. The fourth-order valence-electron chi connectivity index (χ4n) is 3.32. The molecule has 0 spiro atoms. The number of phosphoric ester groups is 1. The van der Waals surface area contributed by atoms with Gasteiger partial charge in [-0.05, 0) is 30.2 Å². The maximum absolute atomic E-state index is 12.4. The van der Waals surface area contributed by atoms with Crippen LogP contribution in [0, 0.1) is 6.92 Å². The zero-order valence-electron chi connectivity index (χ0n) is 19.2. The molecule has 16 heteroatoms. The third kappa shape index (κ3) is 6.89. The number of benzene rings is 1. The van der Waals surface area contributed by atoms with Gasteiger partial charge in [0.2, 0.25) is 0 Å². The van der Waals surface area contributed by atoms with Gasteiger partial charge in [-0.1, -0.05) is 24.2 Å². The molecule has 3 unspecified atom stereocenters. The van der Waals surface area contributed by atoms with Crippen LogP contribution in [0.25, 0.3) is 10.4 Å². The van der Waals surface area contributed by atoms with Gasteiger partial charge in [-0.3, -0.25) is 28.2 Å². The SMILES string of the molecule is CCC(=O)Oc1ccc(COP(=O)(O)OC(O)[C@H]2O[C@@H](n3cc(C)c(=O)[nH]c3=O)CC2N=[N+]=[N-])cc1. The molecule has 0 saturated carbocycles. The fraction of sp³-hybridized carbons (Fsp3) is 0.450.